The summed E-state index contributed by atoms with van der Waals surface area (Å²) in [5.41, 5.74) is 0.687. The molecule has 2 aliphatic rings. The number of carbonyl (C=O) groups excluding carboxylic acids is 1. The predicted molar refractivity (Wildman–Crippen MR) is 90.1 cm³/mol. The Morgan fingerprint density at radius 3 is 2.75 bits per heavy atom. The van der Waals surface area contributed by atoms with Crippen molar-refractivity contribution >= 4 is 5.91 Å². The van der Waals surface area contributed by atoms with Crippen molar-refractivity contribution in [3.63, 3.8) is 0 Å². The minimum absolute atomic E-state index is 0.0464. The van der Waals surface area contributed by atoms with Crippen LogP contribution in [0.25, 0.3) is 0 Å². The molecule has 132 valence electrons. The molecule has 1 spiro atoms. The van der Waals surface area contributed by atoms with E-state index in [1.165, 1.54) is 6.07 Å². The van der Waals surface area contributed by atoms with Gasteiger partial charge >= 0.3 is 0 Å². The molecule has 1 aromatic carbocycles. The zero-order chi connectivity index (χ0) is 17.0. The Hall–Kier alpha value is -1.50. The number of nitrogens with zero attached hydrogens (tertiary/aromatic N) is 2. The van der Waals surface area contributed by atoms with Gasteiger partial charge in [-0.1, -0.05) is 18.2 Å². The fourth-order valence-electron chi connectivity index (χ4n) is 3.72. The maximum Gasteiger partial charge on any atom is 0.233 e. The Morgan fingerprint density at radius 1 is 1.29 bits per heavy atom. The van der Waals surface area contributed by atoms with E-state index in [-0.39, 0.29) is 17.3 Å². The highest BCUT2D eigenvalue weighted by Gasteiger charge is 2.42. The average molecular weight is 335 g/mol. The highest BCUT2D eigenvalue weighted by molar-refractivity contribution is 5.77. The number of piperidine rings is 1. The van der Waals surface area contributed by atoms with E-state index in [1.54, 1.807) is 13.1 Å². The summed E-state index contributed by atoms with van der Waals surface area (Å²) in [5, 5.41) is 2.71. The van der Waals surface area contributed by atoms with E-state index >= 15 is 0 Å². The van der Waals surface area contributed by atoms with Gasteiger partial charge in [0, 0.05) is 44.3 Å². The van der Waals surface area contributed by atoms with Crippen molar-refractivity contribution < 1.29 is 13.9 Å². The Labute approximate surface area is 142 Å². The summed E-state index contributed by atoms with van der Waals surface area (Å²) >= 11 is 0. The van der Waals surface area contributed by atoms with Gasteiger partial charge in [0.05, 0.1) is 19.8 Å². The van der Waals surface area contributed by atoms with E-state index in [0.29, 0.717) is 26.3 Å². The van der Waals surface area contributed by atoms with Crippen molar-refractivity contribution in [1.29, 1.82) is 0 Å². The lowest BCUT2D eigenvalue weighted by Gasteiger charge is -2.50. The Kier molecular flexibility index (Phi) is 5.48. The first-order valence-corrected chi connectivity index (χ1v) is 8.62. The second-order valence-electron chi connectivity index (χ2n) is 6.74. The molecule has 0 aliphatic carbocycles. The van der Waals surface area contributed by atoms with Crippen LogP contribution in [0.1, 0.15) is 18.4 Å². The lowest BCUT2D eigenvalue weighted by molar-refractivity contribution is -0.132. The molecule has 6 heteroatoms. The lowest BCUT2D eigenvalue weighted by atomic mass is 9.85. The van der Waals surface area contributed by atoms with Crippen LogP contribution in [-0.2, 0) is 16.1 Å². The van der Waals surface area contributed by atoms with Gasteiger partial charge in [-0.2, -0.15) is 0 Å². The molecule has 0 bridgehead atoms. The fourth-order valence-corrected chi connectivity index (χ4v) is 3.72. The Balaban J connectivity index is 1.61. The number of likely N-dealkylation sites (tertiary alicyclic amines) is 1. The first-order chi connectivity index (χ1) is 11.6. The topological polar surface area (TPSA) is 44.8 Å². The highest BCUT2D eigenvalue weighted by Crippen LogP contribution is 2.32. The number of hydrogen-bond acceptors (Lipinski definition) is 4. The molecule has 2 saturated heterocycles. The summed E-state index contributed by atoms with van der Waals surface area (Å²) in [6.07, 6.45) is 1.89. The van der Waals surface area contributed by atoms with E-state index in [4.69, 9.17) is 4.74 Å². The minimum Gasteiger partial charge on any atom is -0.378 e. The number of nitrogens with one attached hydrogen (secondary N) is 1. The van der Waals surface area contributed by atoms with Gasteiger partial charge in [0.1, 0.15) is 5.82 Å². The summed E-state index contributed by atoms with van der Waals surface area (Å²) in [6.45, 7) is 4.99. The molecule has 0 aromatic heterocycles. The molecule has 3 rings (SSSR count). The summed E-state index contributed by atoms with van der Waals surface area (Å²) in [6, 6.07) is 6.96. The van der Waals surface area contributed by atoms with Crippen LogP contribution in [0, 0.1) is 5.82 Å². The zero-order valence-corrected chi connectivity index (χ0v) is 14.3. The Bertz CT molecular complexity index is 573. The number of likely N-dealkylation sites (N-methyl/N-ethyl adjacent to an activating group) is 1. The zero-order valence-electron chi connectivity index (χ0n) is 14.3. The van der Waals surface area contributed by atoms with Gasteiger partial charge in [0.15, 0.2) is 0 Å². The SMILES string of the molecule is CNC(=O)CN1CCOCC12CCN(Cc1ccccc1F)CC2. The monoisotopic (exact) mass is 335 g/mol. The van der Waals surface area contributed by atoms with Gasteiger partial charge < -0.3 is 10.1 Å². The van der Waals surface area contributed by atoms with Gasteiger partial charge in [-0.05, 0) is 18.9 Å². The van der Waals surface area contributed by atoms with Gasteiger partial charge in [0.25, 0.3) is 0 Å². The number of benzene rings is 1. The van der Waals surface area contributed by atoms with Crippen molar-refractivity contribution in [3.05, 3.63) is 35.6 Å². The second-order valence-corrected chi connectivity index (χ2v) is 6.74. The normalized spacial score (nSPS) is 21.8. The smallest absolute Gasteiger partial charge is 0.233 e. The van der Waals surface area contributed by atoms with Crippen LogP contribution in [0.5, 0.6) is 0 Å². The van der Waals surface area contributed by atoms with Gasteiger partial charge in [0.2, 0.25) is 5.91 Å². The average Bonchev–Trinajstić information content (AvgIpc) is 2.61. The van der Waals surface area contributed by atoms with Crippen molar-refractivity contribution in [2.24, 2.45) is 0 Å². The van der Waals surface area contributed by atoms with E-state index in [0.717, 1.165) is 38.0 Å². The molecular formula is C18H26FN3O2. The van der Waals surface area contributed by atoms with Crippen molar-refractivity contribution in [3.8, 4) is 0 Å². The standard InChI is InChI=1S/C18H26FN3O2/c1-20-17(23)13-22-10-11-24-14-18(22)6-8-21(9-7-18)12-15-4-2-3-5-16(15)19/h2-5H,6-14H2,1H3,(H,20,23). The number of amides is 1. The van der Waals surface area contributed by atoms with E-state index in [2.05, 4.69) is 15.1 Å². The van der Waals surface area contributed by atoms with Gasteiger partial charge in [-0.25, -0.2) is 4.39 Å². The molecule has 5 nitrogen and oxygen atoms in total. The van der Waals surface area contributed by atoms with Crippen molar-refractivity contribution in [2.45, 2.75) is 24.9 Å². The molecule has 0 saturated carbocycles. The van der Waals surface area contributed by atoms with Gasteiger partial charge in [-0.15, -0.1) is 0 Å². The van der Waals surface area contributed by atoms with E-state index in [9.17, 15) is 9.18 Å². The lowest BCUT2D eigenvalue weighted by Crippen LogP contribution is -2.62. The van der Waals surface area contributed by atoms with Crippen LogP contribution in [-0.4, -0.2) is 67.7 Å². The van der Waals surface area contributed by atoms with E-state index < -0.39 is 0 Å². The summed E-state index contributed by atoms with van der Waals surface area (Å²) in [4.78, 5) is 16.4. The number of rotatable bonds is 4. The van der Waals surface area contributed by atoms with Crippen molar-refractivity contribution in [1.82, 2.24) is 15.1 Å². The van der Waals surface area contributed by atoms with Crippen LogP contribution < -0.4 is 5.32 Å². The maximum absolute atomic E-state index is 13.8. The molecule has 0 unspecified atom stereocenters. The molecule has 1 N–H and O–H groups in total. The molecule has 1 aromatic rings. The Morgan fingerprint density at radius 2 is 2.04 bits per heavy atom. The number of morpholine rings is 1. The number of ether oxygens (including phenoxy) is 1. The van der Waals surface area contributed by atoms with Gasteiger partial charge in [-0.3, -0.25) is 14.6 Å². The quantitative estimate of drug-likeness (QED) is 0.899. The largest absolute Gasteiger partial charge is 0.378 e. The van der Waals surface area contributed by atoms with Crippen LogP contribution in [0.2, 0.25) is 0 Å². The number of halogens is 1. The third-order valence-electron chi connectivity index (χ3n) is 5.30. The van der Waals surface area contributed by atoms with Crippen LogP contribution in [0.4, 0.5) is 4.39 Å². The molecule has 0 radical (unpaired) electrons. The van der Waals surface area contributed by atoms with Crippen LogP contribution >= 0.6 is 0 Å². The molecule has 2 fully saturated rings. The number of hydrogen-bond donors (Lipinski definition) is 1. The number of carbonyl (C=O) groups is 1. The maximum atomic E-state index is 13.8. The van der Waals surface area contributed by atoms with Crippen molar-refractivity contribution in [2.75, 3.05) is 46.4 Å². The third-order valence-corrected chi connectivity index (χ3v) is 5.30. The molecule has 0 atom stereocenters. The second kappa shape index (κ2) is 7.59. The third kappa shape index (κ3) is 3.77. The minimum atomic E-state index is -0.139. The summed E-state index contributed by atoms with van der Waals surface area (Å²) < 4.78 is 19.6. The highest BCUT2D eigenvalue weighted by atomic mass is 19.1. The van der Waals surface area contributed by atoms with Crippen LogP contribution in [0.3, 0.4) is 0 Å². The molecule has 2 heterocycles. The summed E-state index contributed by atoms with van der Waals surface area (Å²) in [7, 11) is 1.67. The molecular weight excluding hydrogens is 309 g/mol. The molecule has 24 heavy (non-hydrogen) atoms. The summed E-state index contributed by atoms with van der Waals surface area (Å²) in [5.74, 6) is -0.0925. The van der Waals surface area contributed by atoms with Crippen LogP contribution in [0.15, 0.2) is 24.3 Å². The fraction of sp³-hybridized carbons (Fsp3) is 0.611. The first kappa shape index (κ1) is 17.3. The van der Waals surface area contributed by atoms with E-state index in [1.807, 2.05) is 12.1 Å². The predicted octanol–water partition coefficient (Wildman–Crippen LogP) is 1.24. The molecule has 2 aliphatic heterocycles. The molecule has 1 amide bonds. The first-order valence-electron chi connectivity index (χ1n) is 8.62.